The number of carboxylic acids is 1. The van der Waals surface area contributed by atoms with Crippen LogP contribution in [-0.2, 0) is 14.9 Å². The molecule has 0 saturated carbocycles. The molecule has 0 aromatic heterocycles. The van der Waals surface area contributed by atoms with E-state index in [4.69, 9.17) is 9.66 Å². The van der Waals surface area contributed by atoms with Crippen molar-refractivity contribution in [2.24, 2.45) is 0 Å². The van der Waals surface area contributed by atoms with Crippen molar-refractivity contribution in [1.29, 1.82) is 0 Å². The molecule has 23 heavy (non-hydrogen) atoms. The second-order valence-corrected chi connectivity index (χ2v) is 7.30. The van der Waals surface area contributed by atoms with Crippen LogP contribution >= 0.6 is 0 Å². The Morgan fingerprint density at radius 1 is 1.04 bits per heavy atom. The van der Waals surface area contributed by atoms with Crippen molar-refractivity contribution in [1.82, 2.24) is 0 Å². The largest absolute Gasteiger partial charge is 0.481 e. The van der Waals surface area contributed by atoms with E-state index >= 15 is 0 Å². The van der Waals surface area contributed by atoms with Crippen LogP contribution in [0.25, 0.3) is 0 Å². The van der Waals surface area contributed by atoms with E-state index in [-0.39, 0.29) is 11.3 Å². The summed E-state index contributed by atoms with van der Waals surface area (Å²) in [5.74, 6) is -0.413. The summed E-state index contributed by atoms with van der Waals surface area (Å²) in [4.78, 5) is 10.4. The highest BCUT2D eigenvalue weighted by Gasteiger charge is 2.14. The molecular weight excluding hydrogens is 316 g/mol. The number of aliphatic carboxylic acids is 1. The Morgan fingerprint density at radius 2 is 1.65 bits per heavy atom. The van der Waals surface area contributed by atoms with Gasteiger partial charge in [-0.1, -0.05) is 44.7 Å². The number of hydrogen-bond donors (Lipinski definition) is 2. The Kier molecular flexibility index (Phi) is 8.26. The molecule has 0 spiro atoms. The molecule has 0 aliphatic rings. The Morgan fingerprint density at radius 3 is 2.17 bits per heavy atom. The van der Waals surface area contributed by atoms with E-state index in [9.17, 15) is 13.2 Å². The standard InChI is InChI=1S/C17H26O5S/c1-2-3-7-14(8-5-4-6-9-17(18)19)15-10-12-16(13-11-15)23(20,21)22/h10-14H,2-9H2,1H3,(H,18,19)(H,20,21,22). The second-order valence-electron chi connectivity index (χ2n) is 5.88. The van der Waals surface area contributed by atoms with E-state index < -0.39 is 16.1 Å². The van der Waals surface area contributed by atoms with Gasteiger partial charge in [0.2, 0.25) is 0 Å². The number of benzene rings is 1. The second kappa shape index (κ2) is 9.67. The highest BCUT2D eigenvalue weighted by atomic mass is 32.2. The molecule has 1 rings (SSSR count). The van der Waals surface area contributed by atoms with Crippen molar-refractivity contribution in [3.8, 4) is 0 Å². The third kappa shape index (κ3) is 7.61. The number of rotatable bonds is 11. The van der Waals surface area contributed by atoms with E-state index in [2.05, 4.69) is 6.92 Å². The molecule has 5 nitrogen and oxygen atoms in total. The lowest BCUT2D eigenvalue weighted by Gasteiger charge is -2.17. The quantitative estimate of drug-likeness (QED) is 0.463. The van der Waals surface area contributed by atoms with Crippen molar-refractivity contribution in [2.45, 2.75) is 69.1 Å². The van der Waals surface area contributed by atoms with Crippen LogP contribution in [0.15, 0.2) is 29.2 Å². The molecular formula is C17H26O5S. The van der Waals surface area contributed by atoms with Crippen LogP contribution in [0.1, 0.15) is 69.8 Å². The molecule has 130 valence electrons. The summed E-state index contributed by atoms with van der Waals surface area (Å²) >= 11 is 0. The van der Waals surface area contributed by atoms with Gasteiger partial charge in [-0.3, -0.25) is 9.35 Å². The first kappa shape index (κ1) is 19.6. The van der Waals surface area contributed by atoms with Crippen LogP contribution in [0, 0.1) is 0 Å². The molecule has 1 aromatic rings. The minimum atomic E-state index is -4.15. The zero-order valence-electron chi connectivity index (χ0n) is 13.6. The van der Waals surface area contributed by atoms with Gasteiger partial charge in [0.25, 0.3) is 10.1 Å². The molecule has 1 atom stereocenters. The van der Waals surface area contributed by atoms with Gasteiger partial charge in [-0.05, 0) is 42.9 Å². The smallest absolute Gasteiger partial charge is 0.303 e. The van der Waals surface area contributed by atoms with E-state index in [1.54, 1.807) is 12.1 Å². The van der Waals surface area contributed by atoms with Crippen LogP contribution in [-0.4, -0.2) is 24.0 Å². The SMILES string of the molecule is CCCCC(CCCCCC(=O)O)c1ccc(S(=O)(=O)O)cc1. The van der Waals surface area contributed by atoms with Crippen LogP contribution in [0.5, 0.6) is 0 Å². The highest BCUT2D eigenvalue weighted by molar-refractivity contribution is 7.85. The van der Waals surface area contributed by atoms with Gasteiger partial charge in [0.15, 0.2) is 0 Å². The lowest BCUT2D eigenvalue weighted by Crippen LogP contribution is -2.02. The van der Waals surface area contributed by atoms with E-state index in [0.717, 1.165) is 44.1 Å². The predicted molar refractivity (Wildman–Crippen MR) is 89.2 cm³/mol. The lowest BCUT2D eigenvalue weighted by molar-refractivity contribution is -0.137. The van der Waals surface area contributed by atoms with Crippen molar-refractivity contribution in [2.75, 3.05) is 0 Å². The summed E-state index contributed by atoms with van der Waals surface area (Å²) in [7, 11) is -4.15. The fraction of sp³-hybridized carbons (Fsp3) is 0.588. The molecule has 0 aliphatic carbocycles. The van der Waals surface area contributed by atoms with E-state index in [0.29, 0.717) is 12.3 Å². The third-order valence-electron chi connectivity index (χ3n) is 4.00. The Balaban J connectivity index is 2.64. The molecule has 0 bridgehead atoms. The van der Waals surface area contributed by atoms with Crippen LogP contribution < -0.4 is 0 Å². The summed E-state index contributed by atoms with van der Waals surface area (Å²) in [5, 5.41) is 8.64. The topological polar surface area (TPSA) is 91.7 Å². The molecule has 1 unspecified atom stereocenters. The van der Waals surface area contributed by atoms with Gasteiger partial charge >= 0.3 is 5.97 Å². The molecule has 0 radical (unpaired) electrons. The molecule has 1 aromatic carbocycles. The molecule has 2 N–H and O–H groups in total. The maximum absolute atomic E-state index is 11.1. The first-order valence-corrected chi connectivity index (χ1v) is 9.58. The van der Waals surface area contributed by atoms with Gasteiger partial charge < -0.3 is 5.11 Å². The first-order chi connectivity index (χ1) is 10.8. The van der Waals surface area contributed by atoms with Crippen molar-refractivity contribution >= 4 is 16.1 Å². The van der Waals surface area contributed by atoms with Crippen molar-refractivity contribution in [3.63, 3.8) is 0 Å². The monoisotopic (exact) mass is 342 g/mol. The Hall–Kier alpha value is -1.40. The molecule has 0 amide bonds. The summed E-state index contributed by atoms with van der Waals surface area (Å²) in [5.41, 5.74) is 1.07. The summed E-state index contributed by atoms with van der Waals surface area (Å²) < 4.78 is 31.2. The predicted octanol–water partition coefficient (Wildman–Crippen LogP) is 4.24. The maximum Gasteiger partial charge on any atom is 0.303 e. The molecule has 0 saturated heterocycles. The lowest BCUT2D eigenvalue weighted by atomic mass is 9.88. The number of carbonyl (C=O) groups is 1. The average Bonchev–Trinajstić information content (AvgIpc) is 2.49. The molecule has 0 aliphatic heterocycles. The summed E-state index contributed by atoms with van der Waals surface area (Å²) in [6.07, 6.45) is 6.93. The summed E-state index contributed by atoms with van der Waals surface area (Å²) in [6.45, 7) is 2.13. The number of unbranched alkanes of at least 4 members (excludes halogenated alkanes) is 3. The fourth-order valence-corrected chi connectivity index (χ4v) is 3.16. The Bertz CT molecular complexity index is 578. The van der Waals surface area contributed by atoms with Crippen LogP contribution in [0.4, 0.5) is 0 Å². The average molecular weight is 342 g/mol. The normalized spacial score (nSPS) is 13.0. The molecule has 0 fully saturated rings. The maximum atomic E-state index is 11.1. The number of hydrogen-bond acceptors (Lipinski definition) is 3. The fourth-order valence-electron chi connectivity index (χ4n) is 2.68. The zero-order valence-corrected chi connectivity index (χ0v) is 14.4. The van der Waals surface area contributed by atoms with E-state index in [1.165, 1.54) is 12.1 Å². The zero-order chi connectivity index (χ0) is 17.3. The van der Waals surface area contributed by atoms with Gasteiger partial charge in [-0.25, -0.2) is 0 Å². The number of carboxylic acid groups (broad SMARTS) is 1. The van der Waals surface area contributed by atoms with Crippen molar-refractivity contribution in [3.05, 3.63) is 29.8 Å². The van der Waals surface area contributed by atoms with Gasteiger partial charge in [0.1, 0.15) is 0 Å². The molecule has 0 heterocycles. The third-order valence-corrected chi connectivity index (χ3v) is 4.87. The van der Waals surface area contributed by atoms with Crippen molar-refractivity contribution < 1.29 is 22.9 Å². The summed E-state index contributed by atoms with van der Waals surface area (Å²) in [6, 6.07) is 6.41. The van der Waals surface area contributed by atoms with Gasteiger partial charge in [0, 0.05) is 6.42 Å². The van der Waals surface area contributed by atoms with Crippen LogP contribution in [0.2, 0.25) is 0 Å². The van der Waals surface area contributed by atoms with E-state index in [1.807, 2.05) is 0 Å². The Labute approximate surface area is 138 Å². The minimum Gasteiger partial charge on any atom is -0.481 e. The van der Waals surface area contributed by atoms with Crippen LogP contribution in [0.3, 0.4) is 0 Å². The van der Waals surface area contributed by atoms with Gasteiger partial charge in [-0.2, -0.15) is 8.42 Å². The highest BCUT2D eigenvalue weighted by Crippen LogP contribution is 2.29. The molecule has 6 heteroatoms. The minimum absolute atomic E-state index is 0.0862. The van der Waals surface area contributed by atoms with Gasteiger partial charge in [0.05, 0.1) is 4.90 Å². The first-order valence-electron chi connectivity index (χ1n) is 8.13. The van der Waals surface area contributed by atoms with Gasteiger partial charge in [-0.15, -0.1) is 0 Å².